The van der Waals surface area contributed by atoms with Gasteiger partial charge in [-0.15, -0.1) is 0 Å². The second-order valence-electron chi connectivity index (χ2n) is 3.18. The smallest absolute Gasteiger partial charge is 0.337 e. The van der Waals surface area contributed by atoms with Gasteiger partial charge in [-0.2, -0.15) is 0 Å². The molecule has 0 fully saturated rings. The number of aliphatic hydroxyl groups is 1. The summed E-state index contributed by atoms with van der Waals surface area (Å²) in [5.41, 5.74) is 1.48. The van der Waals surface area contributed by atoms with Crippen molar-refractivity contribution in [2.45, 2.75) is 0 Å². The van der Waals surface area contributed by atoms with Crippen molar-refractivity contribution in [1.82, 2.24) is 0 Å². The normalized spacial score (nSPS) is 9.80. The highest BCUT2D eigenvalue weighted by atomic mass is 16.5. The zero-order valence-corrected chi connectivity index (χ0v) is 8.93. The quantitative estimate of drug-likeness (QED) is 0.748. The molecule has 0 atom stereocenters. The summed E-state index contributed by atoms with van der Waals surface area (Å²) in [4.78, 5) is 13.0. The molecule has 0 aliphatic carbocycles. The molecule has 15 heavy (non-hydrogen) atoms. The molecule has 0 aliphatic rings. The fourth-order valence-electron chi connectivity index (χ4n) is 1.25. The van der Waals surface area contributed by atoms with Gasteiger partial charge in [-0.05, 0) is 24.3 Å². The minimum atomic E-state index is -0.341. The molecule has 0 amide bonds. The summed E-state index contributed by atoms with van der Waals surface area (Å²) in [7, 11) is 3.23. The molecule has 0 aromatic heterocycles. The number of likely N-dealkylation sites (N-methyl/N-ethyl adjacent to an activating group) is 1. The van der Waals surface area contributed by atoms with E-state index in [4.69, 9.17) is 5.11 Å². The second-order valence-corrected chi connectivity index (χ2v) is 3.18. The second kappa shape index (κ2) is 5.36. The zero-order chi connectivity index (χ0) is 11.3. The van der Waals surface area contributed by atoms with Crippen molar-refractivity contribution in [1.29, 1.82) is 0 Å². The predicted octanol–water partition coefficient (Wildman–Crippen LogP) is 0.902. The van der Waals surface area contributed by atoms with E-state index in [1.165, 1.54) is 7.11 Å². The lowest BCUT2D eigenvalue weighted by Crippen LogP contribution is -2.21. The monoisotopic (exact) mass is 209 g/mol. The first-order valence-electron chi connectivity index (χ1n) is 4.69. The molecular formula is C11H15NO3. The van der Waals surface area contributed by atoms with Gasteiger partial charge in [0.25, 0.3) is 0 Å². The lowest BCUT2D eigenvalue weighted by atomic mass is 10.2. The molecule has 0 aliphatic heterocycles. The fraction of sp³-hybridized carbons (Fsp3) is 0.364. The third-order valence-corrected chi connectivity index (χ3v) is 2.16. The molecule has 1 N–H and O–H groups in total. The lowest BCUT2D eigenvalue weighted by Gasteiger charge is -2.17. The van der Waals surface area contributed by atoms with Crippen LogP contribution in [-0.4, -0.2) is 38.4 Å². The topological polar surface area (TPSA) is 49.8 Å². The minimum Gasteiger partial charge on any atom is -0.465 e. The van der Waals surface area contributed by atoms with Crippen LogP contribution in [0, 0.1) is 0 Å². The summed E-state index contributed by atoms with van der Waals surface area (Å²) in [5.74, 6) is -0.341. The van der Waals surface area contributed by atoms with E-state index in [-0.39, 0.29) is 12.6 Å². The molecule has 0 heterocycles. The highest BCUT2D eigenvalue weighted by molar-refractivity contribution is 5.89. The number of hydrogen-bond acceptors (Lipinski definition) is 4. The number of benzene rings is 1. The Kier molecular flexibility index (Phi) is 4.12. The largest absolute Gasteiger partial charge is 0.465 e. The standard InChI is InChI=1S/C11H15NO3/c1-12(7-8-13)10-5-3-9(4-6-10)11(14)15-2/h3-6,13H,7-8H2,1-2H3. The summed E-state index contributed by atoms with van der Waals surface area (Å²) in [6, 6.07) is 7.05. The van der Waals surface area contributed by atoms with Crippen LogP contribution in [0.2, 0.25) is 0 Å². The van der Waals surface area contributed by atoms with E-state index in [0.717, 1.165) is 5.69 Å². The summed E-state index contributed by atoms with van der Waals surface area (Å²) < 4.78 is 4.59. The van der Waals surface area contributed by atoms with Gasteiger partial charge in [-0.1, -0.05) is 0 Å². The molecule has 0 bridgehead atoms. The molecule has 1 aromatic carbocycles. The number of ether oxygens (including phenoxy) is 1. The first kappa shape index (κ1) is 11.5. The van der Waals surface area contributed by atoms with E-state index < -0.39 is 0 Å². The molecule has 0 saturated carbocycles. The Balaban J connectivity index is 2.76. The van der Waals surface area contributed by atoms with Gasteiger partial charge in [-0.3, -0.25) is 0 Å². The molecule has 1 rings (SSSR count). The van der Waals surface area contributed by atoms with Gasteiger partial charge in [0.2, 0.25) is 0 Å². The van der Waals surface area contributed by atoms with Crippen molar-refractivity contribution >= 4 is 11.7 Å². The van der Waals surface area contributed by atoms with Crippen LogP contribution in [0.4, 0.5) is 5.69 Å². The number of methoxy groups -OCH3 is 1. The van der Waals surface area contributed by atoms with Gasteiger partial charge in [0.1, 0.15) is 0 Å². The predicted molar refractivity (Wildman–Crippen MR) is 58.1 cm³/mol. The third-order valence-electron chi connectivity index (χ3n) is 2.16. The zero-order valence-electron chi connectivity index (χ0n) is 8.93. The highest BCUT2D eigenvalue weighted by Crippen LogP contribution is 2.13. The Morgan fingerprint density at radius 1 is 1.40 bits per heavy atom. The number of aliphatic hydroxyl groups excluding tert-OH is 1. The Hall–Kier alpha value is -1.55. The molecule has 0 saturated heterocycles. The molecule has 0 spiro atoms. The van der Waals surface area contributed by atoms with E-state index in [9.17, 15) is 4.79 Å². The number of esters is 1. The van der Waals surface area contributed by atoms with Gasteiger partial charge in [0.15, 0.2) is 0 Å². The van der Waals surface area contributed by atoms with Crippen molar-refractivity contribution in [3.63, 3.8) is 0 Å². The average Bonchev–Trinajstić information content (AvgIpc) is 2.28. The van der Waals surface area contributed by atoms with Crippen LogP contribution in [0.5, 0.6) is 0 Å². The highest BCUT2D eigenvalue weighted by Gasteiger charge is 2.05. The van der Waals surface area contributed by atoms with E-state index >= 15 is 0 Å². The fourth-order valence-corrected chi connectivity index (χ4v) is 1.25. The average molecular weight is 209 g/mol. The maximum absolute atomic E-state index is 11.1. The summed E-state index contributed by atoms with van der Waals surface area (Å²) in [6.07, 6.45) is 0. The Bertz CT molecular complexity index is 321. The number of carbonyl (C=O) groups is 1. The van der Waals surface area contributed by atoms with Crippen LogP contribution < -0.4 is 4.90 Å². The number of carbonyl (C=O) groups excluding carboxylic acids is 1. The summed E-state index contributed by atoms with van der Waals surface area (Å²) in [6.45, 7) is 0.673. The number of rotatable bonds is 4. The molecule has 0 radical (unpaired) electrons. The van der Waals surface area contributed by atoms with Gasteiger partial charge in [0, 0.05) is 19.3 Å². The molecule has 1 aromatic rings. The first-order chi connectivity index (χ1) is 7.19. The van der Waals surface area contributed by atoms with Crippen LogP contribution in [-0.2, 0) is 4.74 Å². The van der Waals surface area contributed by atoms with Gasteiger partial charge in [0.05, 0.1) is 19.3 Å². The van der Waals surface area contributed by atoms with E-state index in [1.54, 1.807) is 12.1 Å². The summed E-state index contributed by atoms with van der Waals surface area (Å²) >= 11 is 0. The van der Waals surface area contributed by atoms with Crippen LogP contribution in [0.25, 0.3) is 0 Å². The van der Waals surface area contributed by atoms with Crippen LogP contribution in [0.15, 0.2) is 24.3 Å². The summed E-state index contributed by atoms with van der Waals surface area (Å²) in [5, 5.41) is 8.76. The molecular weight excluding hydrogens is 194 g/mol. The number of hydrogen-bond donors (Lipinski definition) is 1. The van der Waals surface area contributed by atoms with E-state index in [2.05, 4.69) is 4.74 Å². The number of anilines is 1. The Morgan fingerprint density at radius 3 is 2.47 bits per heavy atom. The Labute approximate surface area is 89.1 Å². The van der Waals surface area contributed by atoms with Crippen LogP contribution in [0.1, 0.15) is 10.4 Å². The lowest BCUT2D eigenvalue weighted by molar-refractivity contribution is 0.0601. The Morgan fingerprint density at radius 2 is 2.00 bits per heavy atom. The van der Waals surface area contributed by atoms with Crippen molar-refractivity contribution in [3.05, 3.63) is 29.8 Å². The number of nitrogens with zero attached hydrogens (tertiary/aromatic N) is 1. The SMILES string of the molecule is COC(=O)c1ccc(N(C)CCO)cc1. The maximum Gasteiger partial charge on any atom is 0.337 e. The van der Waals surface area contributed by atoms with Crippen molar-refractivity contribution in [3.8, 4) is 0 Å². The van der Waals surface area contributed by atoms with Gasteiger partial charge < -0.3 is 14.7 Å². The van der Waals surface area contributed by atoms with Crippen molar-refractivity contribution < 1.29 is 14.6 Å². The van der Waals surface area contributed by atoms with Crippen LogP contribution in [0.3, 0.4) is 0 Å². The van der Waals surface area contributed by atoms with Gasteiger partial charge in [-0.25, -0.2) is 4.79 Å². The minimum absolute atomic E-state index is 0.106. The van der Waals surface area contributed by atoms with E-state index in [0.29, 0.717) is 12.1 Å². The molecule has 4 heteroatoms. The maximum atomic E-state index is 11.1. The van der Waals surface area contributed by atoms with Gasteiger partial charge >= 0.3 is 5.97 Å². The van der Waals surface area contributed by atoms with Crippen molar-refractivity contribution in [2.75, 3.05) is 32.2 Å². The van der Waals surface area contributed by atoms with Crippen LogP contribution >= 0.6 is 0 Å². The molecule has 0 unspecified atom stereocenters. The first-order valence-corrected chi connectivity index (χ1v) is 4.69. The molecule has 4 nitrogen and oxygen atoms in total. The van der Waals surface area contributed by atoms with E-state index in [1.807, 2.05) is 24.1 Å². The molecule has 82 valence electrons. The van der Waals surface area contributed by atoms with Crippen molar-refractivity contribution in [2.24, 2.45) is 0 Å². The third kappa shape index (κ3) is 2.95.